The van der Waals surface area contributed by atoms with Crippen LogP contribution in [0.1, 0.15) is 19.0 Å². The second-order valence-corrected chi connectivity index (χ2v) is 6.99. The average molecular weight is 296 g/mol. The Balaban J connectivity index is 1.96. The maximum absolute atomic E-state index is 11.4. The van der Waals surface area contributed by atoms with Gasteiger partial charge in [0.2, 0.25) is 0 Å². The van der Waals surface area contributed by atoms with E-state index in [0.29, 0.717) is 18.9 Å². The Morgan fingerprint density at radius 1 is 1.50 bits per heavy atom. The van der Waals surface area contributed by atoms with Crippen molar-refractivity contribution in [2.45, 2.75) is 25.9 Å². The van der Waals surface area contributed by atoms with Gasteiger partial charge in [-0.15, -0.1) is 0 Å². The van der Waals surface area contributed by atoms with Crippen LogP contribution in [0.2, 0.25) is 0 Å². The molecule has 0 saturated carbocycles. The standard InChI is InChI=1S/C13H20N4O2S/c1-2-14-13(16-9-11-5-3-4-7-15-11)17-12-6-8-20(18,19)10-12/h3-5,7,12H,2,6,8-10H2,1H3,(H2,14,16,17). The fourth-order valence-electron chi connectivity index (χ4n) is 2.07. The third kappa shape index (κ3) is 4.48. The fourth-order valence-corrected chi connectivity index (χ4v) is 3.75. The molecule has 1 aromatic heterocycles. The van der Waals surface area contributed by atoms with Crippen molar-refractivity contribution in [2.24, 2.45) is 4.99 Å². The number of nitrogens with zero attached hydrogens (tertiary/aromatic N) is 2. The molecule has 20 heavy (non-hydrogen) atoms. The first kappa shape index (κ1) is 14.8. The zero-order chi connectivity index (χ0) is 14.4. The van der Waals surface area contributed by atoms with Crippen LogP contribution in [0.3, 0.4) is 0 Å². The molecular weight excluding hydrogens is 276 g/mol. The van der Waals surface area contributed by atoms with Crippen LogP contribution in [-0.2, 0) is 16.4 Å². The summed E-state index contributed by atoms with van der Waals surface area (Å²) < 4.78 is 22.9. The van der Waals surface area contributed by atoms with Crippen LogP contribution < -0.4 is 10.6 Å². The highest BCUT2D eigenvalue weighted by atomic mass is 32.2. The average Bonchev–Trinajstić information content (AvgIpc) is 2.77. The van der Waals surface area contributed by atoms with Gasteiger partial charge in [-0.2, -0.15) is 0 Å². The van der Waals surface area contributed by atoms with Gasteiger partial charge in [-0.05, 0) is 25.5 Å². The summed E-state index contributed by atoms with van der Waals surface area (Å²) in [5, 5.41) is 6.30. The van der Waals surface area contributed by atoms with Gasteiger partial charge in [0.25, 0.3) is 0 Å². The van der Waals surface area contributed by atoms with E-state index in [4.69, 9.17) is 0 Å². The number of aromatic nitrogens is 1. The van der Waals surface area contributed by atoms with Crippen LogP contribution in [0, 0.1) is 0 Å². The highest BCUT2D eigenvalue weighted by Gasteiger charge is 2.28. The second-order valence-electron chi connectivity index (χ2n) is 4.76. The zero-order valence-corrected chi connectivity index (χ0v) is 12.4. The highest BCUT2D eigenvalue weighted by molar-refractivity contribution is 7.91. The van der Waals surface area contributed by atoms with Crippen LogP contribution in [-0.4, -0.2) is 43.5 Å². The Hall–Kier alpha value is -1.63. The Kier molecular flexibility index (Phi) is 4.94. The number of hydrogen-bond acceptors (Lipinski definition) is 4. The summed E-state index contributed by atoms with van der Waals surface area (Å²) in [6.45, 7) is 3.17. The first-order valence-corrected chi connectivity index (χ1v) is 8.56. The molecule has 2 heterocycles. The van der Waals surface area contributed by atoms with E-state index in [-0.39, 0.29) is 17.5 Å². The lowest BCUT2D eigenvalue weighted by atomic mass is 10.3. The van der Waals surface area contributed by atoms with Gasteiger partial charge in [-0.3, -0.25) is 4.98 Å². The molecule has 0 amide bonds. The number of sulfone groups is 1. The smallest absolute Gasteiger partial charge is 0.191 e. The fraction of sp³-hybridized carbons (Fsp3) is 0.538. The maximum Gasteiger partial charge on any atom is 0.191 e. The number of pyridine rings is 1. The predicted molar refractivity (Wildman–Crippen MR) is 79.2 cm³/mol. The van der Waals surface area contributed by atoms with Gasteiger partial charge >= 0.3 is 0 Å². The van der Waals surface area contributed by atoms with E-state index >= 15 is 0 Å². The van der Waals surface area contributed by atoms with Gasteiger partial charge in [-0.25, -0.2) is 13.4 Å². The predicted octanol–water partition coefficient (Wildman–Crippen LogP) is 0.324. The number of guanidine groups is 1. The van der Waals surface area contributed by atoms with Crippen molar-refractivity contribution in [2.75, 3.05) is 18.1 Å². The summed E-state index contributed by atoms with van der Waals surface area (Å²) in [5.41, 5.74) is 0.878. The van der Waals surface area contributed by atoms with E-state index in [9.17, 15) is 8.42 Å². The van der Waals surface area contributed by atoms with Crippen LogP contribution in [0.4, 0.5) is 0 Å². The molecule has 2 N–H and O–H groups in total. The molecule has 0 aromatic carbocycles. The van der Waals surface area contributed by atoms with Crippen LogP contribution in [0.15, 0.2) is 29.4 Å². The van der Waals surface area contributed by atoms with Crippen molar-refractivity contribution in [3.05, 3.63) is 30.1 Å². The van der Waals surface area contributed by atoms with Crippen LogP contribution in [0.5, 0.6) is 0 Å². The molecule has 1 aliphatic heterocycles. The Morgan fingerprint density at radius 3 is 2.95 bits per heavy atom. The van der Waals surface area contributed by atoms with Crippen molar-refractivity contribution in [1.82, 2.24) is 15.6 Å². The topological polar surface area (TPSA) is 83.4 Å². The van der Waals surface area contributed by atoms with Gasteiger partial charge in [0.15, 0.2) is 15.8 Å². The van der Waals surface area contributed by atoms with E-state index in [1.54, 1.807) is 6.20 Å². The number of nitrogens with one attached hydrogen (secondary N) is 2. The van der Waals surface area contributed by atoms with Crippen LogP contribution >= 0.6 is 0 Å². The van der Waals surface area contributed by atoms with Gasteiger partial charge in [0, 0.05) is 18.8 Å². The molecule has 2 rings (SSSR count). The van der Waals surface area contributed by atoms with Crippen molar-refractivity contribution < 1.29 is 8.42 Å². The minimum atomic E-state index is -2.88. The van der Waals surface area contributed by atoms with Crippen molar-refractivity contribution in [3.8, 4) is 0 Å². The third-order valence-electron chi connectivity index (χ3n) is 3.04. The lowest BCUT2D eigenvalue weighted by molar-refractivity contribution is 0.599. The molecule has 1 aromatic rings. The number of aliphatic imine (C=N–C) groups is 1. The second kappa shape index (κ2) is 6.69. The molecule has 1 saturated heterocycles. The minimum Gasteiger partial charge on any atom is -0.357 e. The lowest BCUT2D eigenvalue weighted by Gasteiger charge is -2.15. The van der Waals surface area contributed by atoms with E-state index in [1.807, 2.05) is 25.1 Å². The van der Waals surface area contributed by atoms with Gasteiger partial charge in [0.05, 0.1) is 23.7 Å². The van der Waals surface area contributed by atoms with E-state index < -0.39 is 9.84 Å². The summed E-state index contributed by atoms with van der Waals surface area (Å²) in [4.78, 5) is 8.64. The van der Waals surface area contributed by atoms with E-state index in [0.717, 1.165) is 12.2 Å². The van der Waals surface area contributed by atoms with Crippen LogP contribution in [0.25, 0.3) is 0 Å². The SMILES string of the molecule is CCNC(=NCc1ccccn1)NC1CCS(=O)(=O)C1. The summed E-state index contributed by atoms with van der Waals surface area (Å²) in [6, 6.07) is 5.64. The quantitative estimate of drug-likeness (QED) is 0.618. The van der Waals surface area contributed by atoms with Gasteiger partial charge < -0.3 is 10.6 Å². The normalized spacial score (nSPS) is 21.6. The molecule has 0 aliphatic carbocycles. The molecule has 110 valence electrons. The van der Waals surface area contributed by atoms with Crippen molar-refractivity contribution >= 4 is 15.8 Å². The third-order valence-corrected chi connectivity index (χ3v) is 4.81. The Labute approximate surface area is 119 Å². The maximum atomic E-state index is 11.4. The summed E-state index contributed by atoms with van der Waals surface area (Å²) in [6.07, 6.45) is 2.37. The number of hydrogen-bond donors (Lipinski definition) is 2. The number of rotatable bonds is 4. The molecular formula is C13H20N4O2S. The van der Waals surface area contributed by atoms with E-state index in [2.05, 4.69) is 20.6 Å². The minimum absolute atomic E-state index is 0.0541. The monoisotopic (exact) mass is 296 g/mol. The molecule has 1 atom stereocenters. The largest absolute Gasteiger partial charge is 0.357 e. The lowest BCUT2D eigenvalue weighted by Crippen LogP contribution is -2.44. The molecule has 0 bridgehead atoms. The molecule has 0 spiro atoms. The summed E-state index contributed by atoms with van der Waals surface area (Å²) in [5.74, 6) is 1.07. The van der Waals surface area contributed by atoms with Gasteiger partial charge in [-0.1, -0.05) is 6.07 Å². The van der Waals surface area contributed by atoms with E-state index in [1.165, 1.54) is 0 Å². The first-order chi connectivity index (χ1) is 9.59. The highest BCUT2D eigenvalue weighted by Crippen LogP contribution is 2.11. The molecule has 1 aliphatic rings. The Morgan fingerprint density at radius 2 is 2.35 bits per heavy atom. The Bertz CT molecular complexity index is 557. The molecule has 0 radical (unpaired) electrons. The first-order valence-electron chi connectivity index (χ1n) is 6.74. The zero-order valence-electron chi connectivity index (χ0n) is 11.5. The summed E-state index contributed by atoms with van der Waals surface area (Å²) >= 11 is 0. The van der Waals surface area contributed by atoms with Gasteiger partial charge in [0.1, 0.15) is 0 Å². The molecule has 1 fully saturated rings. The molecule has 6 nitrogen and oxygen atoms in total. The molecule has 7 heteroatoms. The molecule has 1 unspecified atom stereocenters. The summed E-state index contributed by atoms with van der Waals surface area (Å²) in [7, 11) is -2.88. The van der Waals surface area contributed by atoms with Crippen molar-refractivity contribution in [3.63, 3.8) is 0 Å². The van der Waals surface area contributed by atoms with Crippen molar-refractivity contribution in [1.29, 1.82) is 0 Å².